The van der Waals surface area contributed by atoms with E-state index in [4.69, 9.17) is 0 Å². The number of hydrogen-bond donors (Lipinski definition) is 1. The number of nitrogens with one attached hydrogen (secondary N) is 1. The molecule has 1 aliphatic carbocycles. The Hall–Kier alpha value is -1.27. The first kappa shape index (κ1) is 14.8. The Bertz CT molecular complexity index is 567. The average Bonchev–Trinajstić information content (AvgIpc) is 2.27. The number of carbonyl (C=O) groups is 2. The second-order valence-corrected chi connectivity index (χ2v) is 6.26. The topological polar surface area (TPSA) is 80.3 Å². The van der Waals surface area contributed by atoms with E-state index >= 15 is 0 Å². The number of Topliss-reactive ketones (excluding diaryl/α,β-unsaturated/α-hetero) is 2. The average molecular weight is 271 g/mol. The van der Waals surface area contributed by atoms with Crippen LogP contribution in [0.25, 0.3) is 0 Å². The van der Waals surface area contributed by atoms with E-state index in [0.717, 1.165) is 6.26 Å². The Balaban J connectivity index is 2.89. The fraction of sp³-hybridized carbons (Fsp3) is 0.500. The Morgan fingerprint density at radius 1 is 0.944 bits per heavy atom. The van der Waals surface area contributed by atoms with Gasteiger partial charge in [0.15, 0.2) is 11.6 Å². The monoisotopic (exact) mass is 271 g/mol. The second-order valence-electron chi connectivity index (χ2n) is 4.43. The lowest BCUT2D eigenvalue weighted by Gasteiger charge is -2.18. The van der Waals surface area contributed by atoms with E-state index in [1.807, 2.05) is 0 Å². The van der Waals surface area contributed by atoms with Crippen LogP contribution >= 0.6 is 0 Å². The summed E-state index contributed by atoms with van der Waals surface area (Å²) >= 11 is 0. The van der Waals surface area contributed by atoms with E-state index in [-0.39, 0.29) is 24.5 Å². The van der Waals surface area contributed by atoms with Crippen LogP contribution in [0.3, 0.4) is 0 Å². The molecule has 0 fully saturated rings. The van der Waals surface area contributed by atoms with E-state index in [1.54, 1.807) is 20.8 Å². The molecule has 0 saturated heterocycles. The summed E-state index contributed by atoms with van der Waals surface area (Å²) in [4.78, 5) is 23.8. The van der Waals surface area contributed by atoms with Gasteiger partial charge in [-0.05, 0) is 27.2 Å². The third-order valence-electron chi connectivity index (χ3n) is 3.05. The van der Waals surface area contributed by atoms with Gasteiger partial charge in [-0.25, -0.2) is 13.1 Å². The van der Waals surface area contributed by atoms with Crippen molar-refractivity contribution < 1.29 is 18.0 Å². The highest BCUT2D eigenvalue weighted by molar-refractivity contribution is 7.88. The molecule has 0 aromatic rings. The third-order valence-corrected chi connectivity index (χ3v) is 3.78. The molecule has 0 heterocycles. The maximum absolute atomic E-state index is 12.0. The van der Waals surface area contributed by atoms with Crippen molar-refractivity contribution in [2.75, 3.05) is 12.8 Å². The van der Waals surface area contributed by atoms with Crippen LogP contribution in [-0.2, 0) is 19.6 Å². The highest BCUT2D eigenvalue weighted by Gasteiger charge is 2.27. The standard InChI is InChI=1S/C12H17NO4S/c1-7-8(2)12(15)10(9(3)11(7)14)5-6-13-18(4,16)17/h13H,5-6H2,1-4H3. The smallest absolute Gasteiger partial charge is 0.208 e. The van der Waals surface area contributed by atoms with Crippen LogP contribution in [0, 0.1) is 0 Å². The van der Waals surface area contributed by atoms with Gasteiger partial charge in [-0.15, -0.1) is 0 Å². The zero-order valence-electron chi connectivity index (χ0n) is 11.0. The summed E-state index contributed by atoms with van der Waals surface area (Å²) < 4.78 is 24.2. The van der Waals surface area contributed by atoms with Crippen LogP contribution in [0.5, 0.6) is 0 Å². The van der Waals surface area contributed by atoms with E-state index in [2.05, 4.69) is 4.72 Å². The molecule has 0 spiro atoms. The molecule has 0 amide bonds. The Morgan fingerprint density at radius 3 is 1.94 bits per heavy atom. The lowest BCUT2D eigenvalue weighted by Crippen LogP contribution is -2.27. The van der Waals surface area contributed by atoms with Crippen molar-refractivity contribution in [3.8, 4) is 0 Å². The summed E-state index contributed by atoms with van der Waals surface area (Å²) in [5.74, 6) is -0.304. The number of rotatable bonds is 4. The van der Waals surface area contributed by atoms with E-state index < -0.39 is 10.0 Å². The molecule has 18 heavy (non-hydrogen) atoms. The van der Waals surface area contributed by atoms with Crippen molar-refractivity contribution in [3.05, 3.63) is 22.3 Å². The summed E-state index contributed by atoms with van der Waals surface area (Å²) in [5, 5.41) is 0. The second kappa shape index (κ2) is 5.16. The predicted octanol–water partition coefficient (Wildman–Crippen LogP) is 0.730. The molecule has 0 atom stereocenters. The molecule has 5 nitrogen and oxygen atoms in total. The van der Waals surface area contributed by atoms with Gasteiger partial charge in [-0.3, -0.25) is 9.59 Å². The van der Waals surface area contributed by atoms with Crippen molar-refractivity contribution in [1.29, 1.82) is 0 Å². The van der Waals surface area contributed by atoms with Crippen molar-refractivity contribution in [3.63, 3.8) is 0 Å². The van der Waals surface area contributed by atoms with Crippen molar-refractivity contribution in [1.82, 2.24) is 4.72 Å². The molecule has 0 unspecified atom stereocenters. The normalized spacial score (nSPS) is 17.8. The van der Waals surface area contributed by atoms with Crippen LogP contribution < -0.4 is 4.72 Å². The molecule has 0 bridgehead atoms. The first-order valence-electron chi connectivity index (χ1n) is 5.56. The number of sulfonamides is 1. The SMILES string of the molecule is CC1=C(C)C(=O)C(CCNS(C)(=O)=O)=C(C)C1=O. The van der Waals surface area contributed by atoms with Crippen LogP contribution in [-0.4, -0.2) is 32.8 Å². The fourth-order valence-electron chi connectivity index (χ4n) is 1.82. The summed E-state index contributed by atoms with van der Waals surface area (Å²) in [6.45, 7) is 4.97. The molecule has 0 aromatic carbocycles. The maximum atomic E-state index is 12.0. The van der Waals surface area contributed by atoms with Crippen molar-refractivity contribution in [2.24, 2.45) is 0 Å². The van der Waals surface area contributed by atoms with Gasteiger partial charge >= 0.3 is 0 Å². The Kier molecular flexibility index (Phi) is 4.24. The van der Waals surface area contributed by atoms with Crippen LogP contribution in [0.2, 0.25) is 0 Å². The Labute approximate surface area is 107 Å². The van der Waals surface area contributed by atoms with Gasteiger partial charge in [-0.1, -0.05) is 0 Å². The van der Waals surface area contributed by atoms with Crippen molar-refractivity contribution in [2.45, 2.75) is 27.2 Å². The molecule has 0 aliphatic heterocycles. The van der Waals surface area contributed by atoms with Gasteiger partial charge in [0.05, 0.1) is 6.26 Å². The molecule has 0 saturated carbocycles. The first-order valence-corrected chi connectivity index (χ1v) is 7.45. The molecule has 1 N–H and O–H groups in total. The minimum Gasteiger partial charge on any atom is -0.289 e. The molecule has 100 valence electrons. The first-order chi connectivity index (χ1) is 8.15. The maximum Gasteiger partial charge on any atom is 0.208 e. The number of ketones is 2. The molecule has 1 rings (SSSR count). The quantitative estimate of drug-likeness (QED) is 0.764. The van der Waals surface area contributed by atoms with Gasteiger partial charge in [0.2, 0.25) is 10.0 Å². The lowest BCUT2D eigenvalue weighted by atomic mass is 9.85. The van der Waals surface area contributed by atoms with Crippen molar-refractivity contribution >= 4 is 21.6 Å². The van der Waals surface area contributed by atoms with Gasteiger partial charge in [0, 0.05) is 28.8 Å². The van der Waals surface area contributed by atoms with Gasteiger partial charge < -0.3 is 0 Å². The van der Waals surface area contributed by atoms with Crippen LogP contribution in [0.4, 0.5) is 0 Å². The lowest BCUT2D eigenvalue weighted by molar-refractivity contribution is -0.116. The van der Waals surface area contributed by atoms with E-state index in [1.165, 1.54) is 0 Å². The molecule has 0 aromatic heterocycles. The minimum absolute atomic E-state index is 0.122. The molecular formula is C12H17NO4S. The van der Waals surface area contributed by atoms with Gasteiger partial charge in [0.25, 0.3) is 0 Å². The molecule has 0 radical (unpaired) electrons. The summed E-state index contributed by atoms with van der Waals surface area (Å²) in [6, 6.07) is 0. The largest absolute Gasteiger partial charge is 0.289 e. The summed E-state index contributed by atoms with van der Waals surface area (Å²) in [7, 11) is -3.28. The molecule has 1 aliphatic rings. The highest BCUT2D eigenvalue weighted by Crippen LogP contribution is 2.25. The zero-order chi connectivity index (χ0) is 14.1. The summed E-state index contributed by atoms with van der Waals surface area (Å²) in [6.07, 6.45) is 1.28. The highest BCUT2D eigenvalue weighted by atomic mass is 32.2. The Morgan fingerprint density at radius 2 is 1.44 bits per heavy atom. The minimum atomic E-state index is -3.28. The predicted molar refractivity (Wildman–Crippen MR) is 68.6 cm³/mol. The van der Waals surface area contributed by atoms with Crippen LogP contribution in [0.15, 0.2) is 22.3 Å². The van der Waals surface area contributed by atoms with Gasteiger partial charge in [0.1, 0.15) is 0 Å². The van der Waals surface area contributed by atoms with Gasteiger partial charge in [-0.2, -0.15) is 0 Å². The number of allylic oxidation sites excluding steroid dienone is 3. The number of hydrogen-bond acceptors (Lipinski definition) is 4. The van der Waals surface area contributed by atoms with E-state index in [9.17, 15) is 18.0 Å². The molecule has 6 heteroatoms. The fourth-order valence-corrected chi connectivity index (χ4v) is 2.29. The van der Waals surface area contributed by atoms with E-state index in [0.29, 0.717) is 22.3 Å². The number of carbonyl (C=O) groups excluding carboxylic acids is 2. The zero-order valence-corrected chi connectivity index (χ0v) is 11.8. The molecular weight excluding hydrogens is 254 g/mol. The summed E-state index contributed by atoms with van der Waals surface area (Å²) in [5.41, 5.74) is 1.73. The van der Waals surface area contributed by atoms with Crippen LogP contribution in [0.1, 0.15) is 27.2 Å². The third kappa shape index (κ3) is 3.14.